The van der Waals surface area contributed by atoms with Crippen molar-refractivity contribution < 1.29 is 0 Å². The number of nitrogens with zero attached hydrogens (tertiary/aromatic N) is 3. The molecule has 0 aromatic carbocycles. The molecular weight excluding hydrogens is 188 g/mol. The molecule has 15 heavy (non-hydrogen) atoms. The predicted molar refractivity (Wildman–Crippen MR) is 60.8 cm³/mol. The van der Waals surface area contributed by atoms with E-state index < -0.39 is 0 Å². The van der Waals surface area contributed by atoms with Crippen molar-refractivity contribution in [3.05, 3.63) is 17.8 Å². The lowest BCUT2D eigenvalue weighted by Crippen LogP contribution is -2.38. The van der Waals surface area contributed by atoms with Crippen LogP contribution in [0.4, 0.5) is 5.82 Å². The summed E-state index contributed by atoms with van der Waals surface area (Å²) in [4.78, 5) is 2.29. The minimum Gasteiger partial charge on any atom is -0.355 e. The zero-order valence-electron chi connectivity index (χ0n) is 9.19. The smallest absolute Gasteiger partial charge is 0.151 e. The van der Waals surface area contributed by atoms with E-state index in [1.807, 2.05) is 6.92 Å². The third-order valence-electron chi connectivity index (χ3n) is 2.95. The van der Waals surface area contributed by atoms with E-state index in [0.717, 1.165) is 31.0 Å². The molecule has 0 bridgehead atoms. The molecule has 0 aliphatic carbocycles. The molecule has 1 unspecified atom stereocenters. The molecule has 0 radical (unpaired) electrons. The highest BCUT2D eigenvalue weighted by molar-refractivity contribution is 5.39. The van der Waals surface area contributed by atoms with Crippen molar-refractivity contribution in [1.29, 1.82) is 0 Å². The number of hydrogen-bond donors (Lipinski definition) is 1. The van der Waals surface area contributed by atoms with Gasteiger partial charge >= 0.3 is 0 Å². The standard InChI is InChI=1S/C11H18N4/c1-9-5-11(14-13-7-9)15-4-2-3-10(6-12)8-15/h5,7,10H,2-4,6,8,12H2,1H3. The Kier molecular flexibility index (Phi) is 3.16. The van der Waals surface area contributed by atoms with Crippen LogP contribution >= 0.6 is 0 Å². The van der Waals surface area contributed by atoms with Gasteiger partial charge in [0.05, 0.1) is 6.20 Å². The number of piperidine rings is 1. The van der Waals surface area contributed by atoms with Crippen LogP contribution in [0.15, 0.2) is 12.3 Å². The van der Waals surface area contributed by atoms with Gasteiger partial charge in [-0.2, -0.15) is 5.10 Å². The van der Waals surface area contributed by atoms with Crippen LogP contribution in [0.25, 0.3) is 0 Å². The van der Waals surface area contributed by atoms with Crippen LogP contribution < -0.4 is 10.6 Å². The Hall–Kier alpha value is -1.16. The quantitative estimate of drug-likeness (QED) is 0.783. The maximum atomic E-state index is 5.71. The normalized spacial score (nSPS) is 21.7. The topological polar surface area (TPSA) is 55.0 Å². The van der Waals surface area contributed by atoms with Gasteiger partial charge in [-0.25, -0.2) is 0 Å². The van der Waals surface area contributed by atoms with Gasteiger partial charge in [0.15, 0.2) is 5.82 Å². The zero-order chi connectivity index (χ0) is 10.7. The third kappa shape index (κ3) is 2.45. The van der Waals surface area contributed by atoms with Gasteiger partial charge in [-0.15, -0.1) is 5.10 Å². The van der Waals surface area contributed by atoms with Crippen molar-refractivity contribution >= 4 is 5.82 Å². The van der Waals surface area contributed by atoms with Gasteiger partial charge in [0.25, 0.3) is 0 Å². The average molecular weight is 206 g/mol. The van der Waals surface area contributed by atoms with E-state index in [1.165, 1.54) is 12.8 Å². The summed E-state index contributed by atoms with van der Waals surface area (Å²) >= 11 is 0. The van der Waals surface area contributed by atoms with Gasteiger partial charge in [-0.1, -0.05) is 0 Å². The number of anilines is 1. The third-order valence-corrected chi connectivity index (χ3v) is 2.95. The van der Waals surface area contributed by atoms with Crippen LogP contribution in [0.2, 0.25) is 0 Å². The summed E-state index contributed by atoms with van der Waals surface area (Å²) in [6.07, 6.45) is 4.23. The Labute approximate surface area is 90.5 Å². The molecule has 1 saturated heterocycles. The van der Waals surface area contributed by atoms with Crippen molar-refractivity contribution in [3.63, 3.8) is 0 Å². The van der Waals surface area contributed by atoms with Crippen molar-refractivity contribution in [3.8, 4) is 0 Å². The van der Waals surface area contributed by atoms with E-state index in [0.29, 0.717) is 5.92 Å². The molecule has 1 aromatic heterocycles. The fourth-order valence-corrected chi connectivity index (χ4v) is 2.07. The fourth-order valence-electron chi connectivity index (χ4n) is 2.07. The summed E-state index contributed by atoms with van der Waals surface area (Å²) < 4.78 is 0. The summed E-state index contributed by atoms with van der Waals surface area (Å²) in [6, 6.07) is 2.09. The lowest BCUT2D eigenvalue weighted by atomic mass is 9.98. The zero-order valence-corrected chi connectivity index (χ0v) is 9.19. The van der Waals surface area contributed by atoms with Crippen LogP contribution in [-0.2, 0) is 0 Å². The second-order valence-corrected chi connectivity index (χ2v) is 4.28. The summed E-state index contributed by atoms with van der Waals surface area (Å²) in [5, 5.41) is 8.15. The highest BCUT2D eigenvalue weighted by atomic mass is 15.3. The van der Waals surface area contributed by atoms with Crippen LogP contribution in [0.3, 0.4) is 0 Å². The molecule has 0 amide bonds. The molecule has 1 fully saturated rings. The van der Waals surface area contributed by atoms with Crippen LogP contribution in [0.1, 0.15) is 18.4 Å². The van der Waals surface area contributed by atoms with E-state index in [9.17, 15) is 0 Å². The van der Waals surface area contributed by atoms with Crippen LogP contribution in [0, 0.1) is 12.8 Å². The average Bonchev–Trinajstić information content (AvgIpc) is 2.29. The number of rotatable bonds is 2. The summed E-state index contributed by atoms with van der Waals surface area (Å²) in [7, 11) is 0. The summed E-state index contributed by atoms with van der Waals surface area (Å²) in [5.41, 5.74) is 6.87. The largest absolute Gasteiger partial charge is 0.355 e. The molecule has 4 nitrogen and oxygen atoms in total. The monoisotopic (exact) mass is 206 g/mol. The van der Waals surface area contributed by atoms with Gasteiger partial charge < -0.3 is 10.6 Å². The van der Waals surface area contributed by atoms with Crippen LogP contribution in [-0.4, -0.2) is 29.8 Å². The molecule has 1 atom stereocenters. The Morgan fingerprint density at radius 3 is 3.20 bits per heavy atom. The van der Waals surface area contributed by atoms with E-state index in [2.05, 4.69) is 21.2 Å². The van der Waals surface area contributed by atoms with E-state index in [4.69, 9.17) is 5.73 Å². The molecule has 1 aromatic rings. The Bertz CT molecular complexity index is 326. The van der Waals surface area contributed by atoms with Gasteiger partial charge in [-0.3, -0.25) is 0 Å². The predicted octanol–water partition coefficient (Wildman–Crippen LogP) is 0.960. The highest BCUT2D eigenvalue weighted by Crippen LogP contribution is 2.20. The van der Waals surface area contributed by atoms with Gasteiger partial charge in [0.2, 0.25) is 0 Å². The molecule has 2 N–H and O–H groups in total. The number of nitrogens with two attached hydrogens (primary N) is 1. The second-order valence-electron chi connectivity index (χ2n) is 4.28. The fraction of sp³-hybridized carbons (Fsp3) is 0.636. The highest BCUT2D eigenvalue weighted by Gasteiger charge is 2.19. The minimum absolute atomic E-state index is 0.612. The first kappa shape index (κ1) is 10.4. The first-order valence-corrected chi connectivity index (χ1v) is 5.54. The molecular formula is C11H18N4. The first-order chi connectivity index (χ1) is 7.29. The Morgan fingerprint density at radius 2 is 2.47 bits per heavy atom. The Balaban J connectivity index is 2.09. The summed E-state index contributed by atoms with van der Waals surface area (Å²) in [6.45, 7) is 4.92. The first-order valence-electron chi connectivity index (χ1n) is 5.54. The van der Waals surface area contributed by atoms with E-state index in [1.54, 1.807) is 6.20 Å². The molecule has 0 saturated carbocycles. The van der Waals surface area contributed by atoms with Crippen molar-refractivity contribution in [2.45, 2.75) is 19.8 Å². The lowest BCUT2D eigenvalue weighted by Gasteiger charge is -2.32. The number of aromatic nitrogens is 2. The van der Waals surface area contributed by atoms with Crippen molar-refractivity contribution in [1.82, 2.24) is 10.2 Å². The van der Waals surface area contributed by atoms with Gasteiger partial charge in [-0.05, 0) is 43.9 Å². The van der Waals surface area contributed by atoms with Crippen LogP contribution in [0.5, 0.6) is 0 Å². The summed E-state index contributed by atoms with van der Waals surface area (Å²) in [5.74, 6) is 1.61. The van der Waals surface area contributed by atoms with Crippen molar-refractivity contribution in [2.24, 2.45) is 11.7 Å². The maximum Gasteiger partial charge on any atom is 0.151 e. The molecule has 82 valence electrons. The molecule has 1 aliphatic heterocycles. The maximum absolute atomic E-state index is 5.71. The lowest BCUT2D eigenvalue weighted by molar-refractivity contribution is 0.421. The second kappa shape index (κ2) is 4.57. The van der Waals surface area contributed by atoms with Crippen molar-refractivity contribution in [2.75, 3.05) is 24.5 Å². The molecule has 4 heteroatoms. The minimum atomic E-state index is 0.612. The van der Waals surface area contributed by atoms with E-state index in [-0.39, 0.29) is 0 Å². The number of aryl methyl sites for hydroxylation is 1. The molecule has 2 heterocycles. The molecule has 0 spiro atoms. The molecule has 2 rings (SSSR count). The van der Waals surface area contributed by atoms with Gasteiger partial charge in [0, 0.05) is 13.1 Å². The Morgan fingerprint density at radius 1 is 1.60 bits per heavy atom. The number of hydrogen-bond acceptors (Lipinski definition) is 4. The SMILES string of the molecule is Cc1cnnc(N2CCCC(CN)C2)c1. The van der Waals surface area contributed by atoms with Gasteiger partial charge in [0.1, 0.15) is 0 Å². The van der Waals surface area contributed by atoms with E-state index >= 15 is 0 Å². The molecule has 1 aliphatic rings.